The number of amides is 4. The van der Waals surface area contributed by atoms with Gasteiger partial charge in [-0.15, -0.1) is 0 Å². The summed E-state index contributed by atoms with van der Waals surface area (Å²) >= 11 is 0. The van der Waals surface area contributed by atoms with Crippen molar-refractivity contribution in [1.82, 2.24) is 10.2 Å². The van der Waals surface area contributed by atoms with Crippen molar-refractivity contribution in [2.24, 2.45) is 0 Å². The summed E-state index contributed by atoms with van der Waals surface area (Å²) in [5.74, 6) is -1.75. The number of carbonyl (C=O) groups excluding carboxylic acids is 4. The Kier molecular flexibility index (Phi) is 4.99. The van der Waals surface area contributed by atoms with E-state index in [0.29, 0.717) is 33.0 Å². The van der Waals surface area contributed by atoms with Crippen molar-refractivity contribution >= 4 is 34.4 Å². The lowest BCUT2D eigenvalue weighted by Crippen LogP contribution is -2.71. The summed E-state index contributed by atoms with van der Waals surface area (Å²) in [5.41, 5.74) is 5.51. The Hall–Kier alpha value is -3.14. The second-order valence-corrected chi connectivity index (χ2v) is 7.45. The van der Waals surface area contributed by atoms with Crippen LogP contribution in [0.4, 0.5) is 0 Å². The number of rotatable bonds is 1. The van der Waals surface area contributed by atoms with Gasteiger partial charge in [0.1, 0.15) is 6.04 Å². The summed E-state index contributed by atoms with van der Waals surface area (Å²) in [4.78, 5) is 52.2. The average Bonchev–Trinajstić information content (AvgIpc) is 2.66. The molecule has 0 aromatic heterocycles. The van der Waals surface area contributed by atoms with E-state index in [0.717, 1.165) is 25.7 Å². The van der Waals surface area contributed by atoms with Crippen LogP contribution in [0.3, 0.4) is 0 Å². The van der Waals surface area contributed by atoms with Gasteiger partial charge >= 0.3 is 0 Å². The second-order valence-electron chi connectivity index (χ2n) is 7.45. The standard InChI is InChI=1S/C20H17N3O4.2H2O/c21-13-3-1-2-4-14(13)23-19(26)11-7-5-9-15-10(18(25)22-17(9)24)6-8-12(16(11)15)20(23)27;;/h5-8,13-14H,1-4,21H2,(H,22,24,25);2*1H2. The van der Waals surface area contributed by atoms with Crippen molar-refractivity contribution in [2.75, 3.05) is 0 Å². The van der Waals surface area contributed by atoms with E-state index in [4.69, 9.17) is 0 Å². The molecule has 9 heteroatoms. The normalized spacial score (nSPS) is 22.7. The van der Waals surface area contributed by atoms with Gasteiger partial charge in [0.25, 0.3) is 23.6 Å². The zero-order valence-corrected chi connectivity index (χ0v) is 15.5. The monoisotopic (exact) mass is 399 g/mol. The van der Waals surface area contributed by atoms with Crippen molar-refractivity contribution in [3.8, 4) is 0 Å². The number of hydrogen-bond acceptors (Lipinski definition) is 5. The average molecular weight is 399 g/mol. The highest BCUT2D eigenvalue weighted by Crippen LogP contribution is 2.37. The third kappa shape index (κ3) is 2.66. The number of imide groups is 2. The van der Waals surface area contributed by atoms with E-state index in [1.807, 2.05) is 0 Å². The van der Waals surface area contributed by atoms with Gasteiger partial charge in [-0.1, -0.05) is 6.42 Å². The van der Waals surface area contributed by atoms with Crippen molar-refractivity contribution < 1.29 is 35.9 Å². The number of quaternary nitrogens is 1. The Morgan fingerprint density at radius 3 is 1.76 bits per heavy atom. The van der Waals surface area contributed by atoms with Gasteiger partial charge in [0.2, 0.25) is 0 Å². The fourth-order valence-corrected chi connectivity index (χ4v) is 4.65. The molecule has 4 amide bonds. The van der Waals surface area contributed by atoms with Crippen LogP contribution in [0, 0.1) is 0 Å². The number of nitrogens with zero attached hydrogens (tertiary/aromatic N) is 1. The zero-order chi connectivity index (χ0) is 18.9. The van der Waals surface area contributed by atoms with Crippen LogP contribution in [0.15, 0.2) is 24.3 Å². The second kappa shape index (κ2) is 7.03. The van der Waals surface area contributed by atoms with Crippen molar-refractivity contribution in [2.45, 2.75) is 37.8 Å². The number of benzene rings is 2. The molecule has 1 saturated carbocycles. The van der Waals surface area contributed by atoms with Gasteiger partial charge in [-0.25, -0.2) is 0 Å². The molecule has 9 nitrogen and oxygen atoms in total. The highest BCUT2D eigenvalue weighted by atomic mass is 16.2. The summed E-state index contributed by atoms with van der Waals surface area (Å²) < 4.78 is 0. The molecule has 0 radical (unpaired) electrons. The maximum absolute atomic E-state index is 13.2. The molecule has 2 atom stereocenters. The molecule has 3 aliphatic rings. The Morgan fingerprint density at radius 1 is 0.793 bits per heavy atom. The summed E-state index contributed by atoms with van der Waals surface area (Å²) in [6, 6.07) is 6.07. The third-order valence-electron chi connectivity index (χ3n) is 5.98. The quantitative estimate of drug-likeness (QED) is 0.634. The van der Waals surface area contributed by atoms with Crippen LogP contribution in [-0.2, 0) is 0 Å². The molecular weight excluding hydrogens is 378 g/mol. The number of nitrogens with one attached hydrogen (secondary N) is 1. The first kappa shape index (κ1) is 20.6. The van der Waals surface area contributed by atoms with Gasteiger partial charge in [-0.3, -0.25) is 29.4 Å². The Balaban J connectivity index is 0.00000120. The van der Waals surface area contributed by atoms with Gasteiger partial charge in [-0.05, 0) is 37.1 Å². The minimum absolute atomic E-state index is 0. The summed E-state index contributed by atoms with van der Waals surface area (Å²) in [7, 11) is 0. The largest absolute Gasteiger partial charge is 0.870 e. The maximum Gasteiger partial charge on any atom is 0.261 e. The van der Waals surface area contributed by atoms with Crippen LogP contribution in [0.2, 0.25) is 0 Å². The third-order valence-corrected chi connectivity index (χ3v) is 5.98. The van der Waals surface area contributed by atoms with Gasteiger partial charge in [-0.2, -0.15) is 0 Å². The molecule has 29 heavy (non-hydrogen) atoms. The van der Waals surface area contributed by atoms with Gasteiger partial charge in [0.15, 0.2) is 0 Å². The summed E-state index contributed by atoms with van der Waals surface area (Å²) in [6.45, 7) is 0. The van der Waals surface area contributed by atoms with Gasteiger partial charge < -0.3 is 16.7 Å². The lowest BCUT2D eigenvalue weighted by molar-refractivity contribution is -0.434. The molecule has 2 aliphatic heterocycles. The SMILES string of the molecule is O.[NH3+]C1CCCCC1N1C(=O)c2ccc3c4c(ccc(c24)C1=O)C(=O)NC3=O.[OH-]. The van der Waals surface area contributed by atoms with Crippen LogP contribution in [0.1, 0.15) is 67.1 Å². The highest BCUT2D eigenvalue weighted by molar-refractivity contribution is 6.33. The molecule has 2 aromatic carbocycles. The molecule has 2 unspecified atom stereocenters. The van der Waals surface area contributed by atoms with Crippen molar-refractivity contribution in [3.63, 3.8) is 0 Å². The molecular formula is C20H21N3O6. The van der Waals surface area contributed by atoms with E-state index in [-0.39, 0.29) is 34.9 Å². The first-order valence-electron chi connectivity index (χ1n) is 9.15. The van der Waals surface area contributed by atoms with Crippen molar-refractivity contribution in [1.29, 1.82) is 0 Å². The predicted octanol–water partition coefficient (Wildman–Crippen LogP) is -0.129. The zero-order valence-electron chi connectivity index (χ0n) is 15.5. The van der Waals surface area contributed by atoms with Gasteiger partial charge in [0, 0.05) is 39.4 Å². The van der Waals surface area contributed by atoms with E-state index >= 15 is 0 Å². The first-order chi connectivity index (χ1) is 13.0. The van der Waals surface area contributed by atoms with E-state index in [1.54, 1.807) is 24.3 Å². The summed E-state index contributed by atoms with van der Waals surface area (Å²) in [6.07, 6.45) is 3.65. The first-order valence-corrected chi connectivity index (χ1v) is 9.15. The minimum atomic E-state index is -0.511. The molecule has 2 heterocycles. The highest BCUT2D eigenvalue weighted by Gasteiger charge is 2.43. The van der Waals surface area contributed by atoms with E-state index in [9.17, 15) is 19.2 Å². The number of hydrogen-bond donors (Lipinski definition) is 2. The maximum atomic E-state index is 13.2. The predicted molar refractivity (Wildman–Crippen MR) is 101 cm³/mol. The molecule has 1 aliphatic carbocycles. The van der Waals surface area contributed by atoms with Crippen LogP contribution in [-0.4, -0.2) is 51.6 Å². The minimum Gasteiger partial charge on any atom is -0.870 e. The van der Waals surface area contributed by atoms with Gasteiger partial charge in [0.05, 0.1) is 6.04 Å². The van der Waals surface area contributed by atoms with Crippen LogP contribution in [0.5, 0.6) is 0 Å². The molecule has 0 spiro atoms. The Labute approximate surface area is 165 Å². The number of carbonyl (C=O) groups is 4. The molecule has 0 saturated heterocycles. The van der Waals surface area contributed by atoms with E-state index in [1.165, 1.54) is 4.90 Å². The fourth-order valence-electron chi connectivity index (χ4n) is 4.65. The van der Waals surface area contributed by atoms with Crippen molar-refractivity contribution in [3.05, 3.63) is 46.5 Å². The lowest BCUT2D eigenvalue weighted by Gasteiger charge is -2.37. The van der Waals surface area contributed by atoms with Crippen LogP contribution < -0.4 is 11.1 Å². The molecule has 5 rings (SSSR count). The summed E-state index contributed by atoms with van der Waals surface area (Å²) in [5, 5.41) is 3.10. The van der Waals surface area contributed by atoms with E-state index in [2.05, 4.69) is 11.1 Å². The molecule has 2 aromatic rings. The molecule has 1 fully saturated rings. The molecule has 152 valence electrons. The van der Waals surface area contributed by atoms with Crippen LogP contribution >= 0.6 is 0 Å². The van der Waals surface area contributed by atoms with Crippen LogP contribution in [0.25, 0.3) is 10.8 Å². The fraction of sp³-hybridized carbons (Fsp3) is 0.300. The van der Waals surface area contributed by atoms with E-state index < -0.39 is 11.8 Å². The molecule has 0 bridgehead atoms. The lowest BCUT2D eigenvalue weighted by atomic mass is 9.84. The Morgan fingerprint density at radius 2 is 1.24 bits per heavy atom. The topological polar surface area (TPSA) is 173 Å². The Bertz CT molecular complexity index is 1010. The molecule has 7 N–H and O–H groups in total. The smallest absolute Gasteiger partial charge is 0.261 e.